The van der Waals surface area contributed by atoms with Gasteiger partial charge in [-0.2, -0.15) is 0 Å². The molecule has 4 heteroatoms. The first-order valence-corrected chi connectivity index (χ1v) is 6.81. The zero-order valence-corrected chi connectivity index (χ0v) is 12.2. The molecule has 0 aliphatic heterocycles. The van der Waals surface area contributed by atoms with Crippen LogP contribution in [0.1, 0.15) is 25.0 Å². The fourth-order valence-electron chi connectivity index (χ4n) is 2.18. The summed E-state index contributed by atoms with van der Waals surface area (Å²) in [6.07, 6.45) is 3.31. The summed E-state index contributed by atoms with van der Waals surface area (Å²) in [4.78, 5) is 1.91. The SMILES string of the molecule is CC(C)NCc1cccc(F)c1N(C)Cc1ccoc1. The summed E-state index contributed by atoms with van der Waals surface area (Å²) in [5, 5.41) is 3.33. The highest BCUT2D eigenvalue weighted by atomic mass is 19.1. The van der Waals surface area contributed by atoms with Crippen LogP contribution in [0.15, 0.2) is 41.2 Å². The highest BCUT2D eigenvalue weighted by Gasteiger charge is 2.13. The number of benzene rings is 1. The number of hydrogen-bond acceptors (Lipinski definition) is 3. The van der Waals surface area contributed by atoms with Crippen LogP contribution in [0.25, 0.3) is 0 Å². The molecule has 1 heterocycles. The van der Waals surface area contributed by atoms with Crippen LogP contribution in [0.3, 0.4) is 0 Å². The highest BCUT2D eigenvalue weighted by Crippen LogP contribution is 2.25. The molecule has 0 spiro atoms. The normalized spacial score (nSPS) is 11.1. The lowest BCUT2D eigenvalue weighted by molar-refractivity contribution is 0.562. The Morgan fingerprint density at radius 1 is 1.30 bits per heavy atom. The van der Waals surface area contributed by atoms with Crippen molar-refractivity contribution in [3.8, 4) is 0 Å². The second kappa shape index (κ2) is 6.57. The molecule has 1 N–H and O–H groups in total. The Hall–Kier alpha value is -1.81. The Kier molecular flexibility index (Phi) is 4.79. The van der Waals surface area contributed by atoms with Crippen LogP contribution in [0.2, 0.25) is 0 Å². The highest BCUT2D eigenvalue weighted by molar-refractivity contribution is 5.54. The van der Waals surface area contributed by atoms with Crippen molar-refractivity contribution in [3.05, 3.63) is 53.7 Å². The van der Waals surface area contributed by atoms with Crippen molar-refractivity contribution in [1.82, 2.24) is 5.32 Å². The predicted molar refractivity (Wildman–Crippen MR) is 79.2 cm³/mol. The third kappa shape index (κ3) is 3.61. The zero-order valence-electron chi connectivity index (χ0n) is 12.2. The summed E-state index contributed by atoms with van der Waals surface area (Å²) in [6, 6.07) is 7.47. The lowest BCUT2D eigenvalue weighted by Gasteiger charge is -2.23. The molecule has 1 aromatic heterocycles. The van der Waals surface area contributed by atoms with Gasteiger partial charge in [0.1, 0.15) is 5.82 Å². The molecule has 0 saturated heterocycles. The zero-order chi connectivity index (χ0) is 14.5. The van der Waals surface area contributed by atoms with Gasteiger partial charge in [-0.05, 0) is 17.7 Å². The van der Waals surface area contributed by atoms with Gasteiger partial charge < -0.3 is 14.6 Å². The summed E-state index contributed by atoms with van der Waals surface area (Å²) in [6.45, 7) is 5.43. The number of furan rings is 1. The van der Waals surface area contributed by atoms with Gasteiger partial charge in [-0.25, -0.2) is 4.39 Å². The molecule has 2 aromatic rings. The summed E-state index contributed by atoms with van der Waals surface area (Å²) in [5.74, 6) is -0.195. The first-order valence-electron chi connectivity index (χ1n) is 6.81. The fraction of sp³-hybridized carbons (Fsp3) is 0.375. The molecular formula is C16H21FN2O. The Morgan fingerprint density at radius 2 is 2.10 bits per heavy atom. The minimum Gasteiger partial charge on any atom is -0.472 e. The largest absolute Gasteiger partial charge is 0.472 e. The number of halogens is 1. The minimum atomic E-state index is -0.195. The number of para-hydroxylation sites is 1. The standard InChI is InChI=1S/C16H21FN2O/c1-12(2)18-9-14-5-4-6-15(17)16(14)19(3)10-13-7-8-20-11-13/h4-8,11-12,18H,9-10H2,1-3H3. The lowest BCUT2D eigenvalue weighted by Crippen LogP contribution is -2.25. The van der Waals surface area contributed by atoms with Crippen molar-refractivity contribution in [2.24, 2.45) is 0 Å². The predicted octanol–water partition coefficient (Wildman–Crippen LogP) is 3.55. The molecule has 108 valence electrons. The van der Waals surface area contributed by atoms with E-state index in [1.54, 1.807) is 18.6 Å². The van der Waals surface area contributed by atoms with Crippen LogP contribution in [0, 0.1) is 5.82 Å². The molecule has 0 amide bonds. The van der Waals surface area contributed by atoms with Crippen LogP contribution < -0.4 is 10.2 Å². The molecule has 1 aromatic carbocycles. The molecule has 0 saturated carbocycles. The average Bonchev–Trinajstić information content (AvgIpc) is 2.88. The Bertz CT molecular complexity index is 537. The van der Waals surface area contributed by atoms with Gasteiger partial charge in [0.2, 0.25) is 0 Å². The second-order valence-corrected chi connectivity index (χ2v) is 5.27. The first kappa shape index (κ1) is 14.6. The Morgan fingerprint density at radius 3 is 2.75 bits per heavy atom. The molecule has 0 fully saturated rings. The van der Waals surface area contributed by atoms with E-state index < -0.39 is 0 Å². The van der Waals surface area contributed by atoms with Gasteiger partial charge in [0.25, 0.3) is 0 Å². The number of hydrogen-bond donors (Lipinski definition) is 1. The van der Waals surface area contributed by atoms with Gasteiger partial charge in [-0.3, -0.25) is 0 Å². The Labute approximate surface area is 119 Å². The van der Waals surface area contributed by atoms with Gasteiger partial charge in [-0.1, -0.05) is 26.0 Å². The fourth-order valence-corrected chi connectivity index (χ4v) is 2.18. The van der Waals surface area contributed by atoms with Crippen LogP contribution >= 0.6 is 0 Å². The monoisotopic (exact) mass is 276 g/mol. The van der Waals surface area contributed by atoms with Gasteiger partial charge in [-0.15, -0.1) is 0 Å². The molecule has 0 aliphatic carbocycles. The maximum absolute atomic E-state index is 14.2. The molecule has 0 radical (unpaired) electrons. The number of rotatable bonds is 6. The minimum absolute atomic E-state index is 0.195. The molecule has 0 bridgehead atoms. The molecule has 2 rings (SSSR count). The summed E-state index contributed by atoms with van der Waals surface area (Å²) >= 11 is 0. The average molecular weight is 276 g/mol. The topological polar surface area (TPSA) is 28.4 Å². The molecular weight excluding hydrogens is 255 g/mol. The van der Waals surface area contributed by atoms with Crippen molar-refractivity contribution < 1.29 is 8.81 Å². The van der Waals surface area contributed by atoms with Crippen LogP contribution in [0.4, 0.5) is 10.1 Å². The van der Waals surface area contributed by atoms with Crippen LogP contribution in [-0.2, 0) is 13.1 Å². The molecule has 0 atom stereocenters. The van der Waals surface area contributed by atoms with Gasteiger partial charge in [0, 0.05) is 31.7 Å². The quantitative estimate of drug-likeness (QED) is 0.874. The molecule has 0 unspecified atom stereocenters. The van der Waals surface area contributed by atoms with E-state index in [9.17, 15) is 4.39 Å². The lowest BCUT2D eigenvalue weighted by atomic mass is 10.1. The van der Waals surface area contributed by atoms with Crippen LogP contribution in [0.5, 0.6) is 0 Å². The van der Waals surface area contributed by atoms with E-state index in [0.29, 0.717) is 24.8 Å². The number of nitrogens with one attached hydrogen (secondary N) is 1. The molecule has 0 aliphatic rings. The van der Waals surface area contributed by atoms with Crippen LogP contribution in [-0.4, -0.2) is 13.1 Å². The Balaban J connectivity index is 2.19. The maximum Gasteiger partial charge on any atom is 0.146 e. The molecule has 3 nitrogen and oxygen atoms in total. The van der Waals surface area contributed by atoms with Gasteiger partial charge in [0.15, 0.2) is 0 Å². The smallest absolute Gasteiger partial charge is 0.146 e. The van der Waals surface area contributed by atoms with E-state index >= 15 is 0 Å². The van der Waals surface area contributed by atoms with E-state index in [1.807, 2.05) is 24.1 Å². The van der Waals surface area contributed by atoms with E-state index in [1.165, 1.54) is 6.07 Å². The van der Waals surface area contributed by atoms with E-state index in [-0.39, 0.29) is 5.82 Å². The summed E-state index contributed by atoms with van der Waals surface area (Å²) in [5.41, 5.74) is 2.63. The number of nitrogens with zero attached hydrogens (tertiary/aromatic N) is 1. The van der Waals surface area contributed by atoms with E-state index in [4.69, 9.17) is 4.42 Å². The van der Waals surface area contributed by atoms with Gasteiger partial charge >= 0.3 is 0 Å². The van der Waals surface area contributed by atoms with Gasteiger partial charge in [0.05, 0.1) is 18.2 Å². The third-order valence-corrected chi connectivity index (χ3v) is 3.15. The van der Waals surface area contributed by atoms with Crippen molar-refractivity contribution in [2.75, 3.05) is 11.9 Å². The first-order chi connectivity index (χ1) is 9.58. The van der Waals surface area contributed by atoms with Crippen molar-refractivity contribution in [2.45, 2.75) is 33.0 Å². The van der Waals surface area contributed by atoms with Crippen molar-refractivity contribution in [1.29, 1.82) is 0 Å². The summed E-state index contributed by atoms with van der Waals surface area (Å²) in [7, 11) is 1.89. The molecule has 20 heavy (non-hydrogen) atoms. The van der Waals surface area contributed by atoms with E-state index in [2.05, 4.69) is 19.2 Å². The number of anilines is 1. The summed E-state index contributed by atoms with van der Waals surface area (Å²) < 4.78 is 19.2. The second-order valence-electron chi connectivity index (χ2n) is 5.27. The third-order valence-electron chi connectivity index (χ3n) is 3.15. The maximum atomic E-state index is 14.2. The van der Waals surface area contributed by atoms with E-state index in [0.717, 1.165) is 11.1 Å². The van der Waals surface area contributed by atoms with Crippen molar-refractivity contribution in [3.63, 3.8) is 0 Å². The van der Waals surface area contributed by atoms with Crippen molar-refractivity contribution >= 4 is 5.69 Å².